The molecular weight excluding hydrogens is 261 g/mol. The Morgan fingerprint density at radius 3 is 3.06 bits per heavy atom. The van der Waals surface area contributed by atoms with Crippen molar-refractivity contribution >= 4 is 11.6 Å². The van der Waals surface area contributed by atoms with Gasteiger partial charge in [-0.1, -0.05) is 17.7 Å². The molecule has 0 spiro atoms. The molecular formula is C11H11ClFN3O2. The van der Waals surface area contributed by atoms with Gasteiger partial charge in [-0.05, 0) is 17.7 Å². The van der Waals surface area contributed by atoms with Gasteiger partial charge >= 0.3 is 0 Å². The topological polar surface area (TPSA) is 58.4 Å². The lowest BCUT2D eigenvalue weighted by Gasteiger charge is -2.17. The number of halogens is 2. The maximum atomic E-state index is 13.0. The van der Waals surface area contributed by atoms with E-state index in [2.05, 4.69) is 5.32 Å². The first-order valence-corrected chi connectivity index (χ1v) is 5.72. The molecule has 5 nitrogen and oxygen atoms in total. The predicted molar refractivity (Wildman–Crippen MR) is 64.9 cm³/mol. The van der Waals surface area contributed by atoms with E-state index in [0.29, 0.717) is 25.5 Å². The van der Waals surface area contributed by atoms with Gasteiger partial charge in [-0.2, -0.15) is 0 Å². The smallest absolute Gasteiger partial charge is 0.274 e. The Labute approximate surface area is 108 Å². The Morgan fingerprint density at radius 1 is 1.61 bits per heavy atom. The van der Waals surface area contributed by atoms with Crippen LogP contribution in [0.2, 0.25) is 5.02 Å². The highest BCUT2D eigenvalue weighted by Crippen LogP contribution is 2.19. The lowest BCUT2D eigenvalue weighted by Crippen LogP contribution is -2.20. The maximum absolute atomic E-state index is 13.0. The highest BCUT2D eigenvalue weighted by molar-refractivity contribution is 6.30. The van der Waals surface area contributed by atoms with E-state index in [0.717, 1.165) is 11.8 Å². The van der Waals surface area contributed by atoms with E-state index in [1.165, 1.54) is 12.1 Å². The van der Waals surface area contributed by atoms with Crippen LogP contribution in [0.5, 0.6) is 0 Å². The summed E-state index contributed by atoms with van der Waals surface area (Å²) >= 11 is 5.69. The molecule has 0 amide bonds. The number of hydrogen-bond acceptors (Lipinski definition) is 4. The molecule has 0 unspecified atom stereocenters. The molecule has 1 heterocycles. The van der Waals surface area contributed by atoms with Crippen LogP contribution in [0.4, 0.5) is 4.39 Å². The van der Waals surface area contributed by atoms with Crippen LogP contribution >= 0.6 is 11.6 Å². The first kappa shape index (κ1) is 12.6. The summed E-state index contributed by atoms with van der Waals surface area (Å²) in [5.41, 5.74) is 0.805. The van der Waals surface area contributed by atoms with Crippen molar-refractivity contribution < 1.29 is 9.31 Å². The second kappa shape index (κ2) is 5.22. The average Bonchev–Trinajstić information content (AvgIpc) is 2.70. The van der Waals surface area contributed by atoms with Crippen LogP contribution < -0.4 is 5.32 Å². The van der Waals surface area contributed by atoms with Crippen molar-refractivity contribution in [2.75, 3.05) is 13.1 Å². The van der Waals surface area contributed by atoms with E-state index in [1.54, 1.807) is 6.07 Å². The number of nitrogens with zero attached hydrogens (tertiary/aromatic N) is 2. The van der Waals surface area contributed by atoms with Crippen molar-refractivity contribution in [2.45, 2.75) is 6.54 Å². The number of nitro groups is 1. The summed E-state index contributed by atoms with van der Waals surface area (Å²) in [4.78, 5) is 11.8. The second-order valence-corrected chi connectivity index (χ2v) is 4.30. The SMILES string of the molecule is O=[N+]([O-])/C=C1\NCCN1Cc1ccc(F)c(Cl)c1. The highest BCUT2D eigenvalue weighted by atomic mass is 35.5. The number of hydrogen-bond donors (Lipinski definition) is 1. The molecule has 0 saturated carbocycles. The summed E-state index contributed by atoms with van der Waals surface area (Å²) < 4.78 is 13.0. The molecule has 1 saturated heterocycles. The van der Waals surface area contributed by atoms with Crippen LogP contribution in [-0.2, 0) is 6.54 Å². The molecule has 1 aromatic carbocycles. The van der Waals surface area contributed by atoms with Crippen LogP contribution in [-0.4, -0.2) is 22.9 Å². The predicted octanol–water partition coefficient (Wildman–Crippen LogP) is 1.96. The molecule has 0 aromatic heterocycles. The van der Waals surface area contributed by atoms with Gasteiger partial charge in [0.15, 0.2) is 5.82 Å². The third kappa shape index (κ3) is 2.89. The third-order valence-electron chi connectivity index (χ3n) is 2.61. The van der Waals surface area contributed by atoms with Crippen LogP contribution in [0, 0.1) is 15.9 Å². The van der Waals surface area contributed by atoms with Gasteiger partial charge in [0.1, 0.15) is 5.82 Å². The average molecular weight is 272 g/mol. The van der Waals surface area contributed by atoms with Crippen molar-refractivity contribution in [3.63, 3.8) is 0 Å². The number of nitrogens with one attached hydrogen (secondary N) is 1. The summed E-state index contributed by atoms with van der Waals surface area (Å²) in [7, 11) is 0. The van der Waals surface area contributed by atoms with Crippen molar-refractivity contribution in [1.82, 2.24) is 10.2 Å². The van der Waals surface area contributed by atoms with Gasteiger partial charge in [-0.15, -0.1) is 0 Å². The molecule has 96 valence electrons. The fourth-order valence-electron chi connectivity index (χ4n) is 1.80. The Bertz CT molecular complexity index is 507. The van der Waals surface area contributed by atoms with Gasteiger partial charge in [-0.25, -0.2) is 4.39 Å². The zero-order chi connectivity index (χ0) is 13.1. The normalized spacial score (nSPS) is 17.0. The van der Waals surface area contributed by atoms with Crippen LogP contribution in [0.15, 0.2) is 30.2 Å². The van der Waals surface area contributed by atoms with Crippen LogP contribution in [0.25, 0.3) is 0 Å². The van der Waals surface area contributed by atoms with E-state index in [-0.39, 0.29) is 5.02 Å². The van der Waals surface area contributed by atoms with Crippen LogP contribution in [0.3, 0.4) is 0 Å². The van der Waals surface area contributed by atoms with E-state index in [1.807, 2.05) is 4.90 Å². The van der Waals surface area contributed by atoms with Gasteiger partial charge in [0.25, 0.3) is 6.20 Å². The molecule has 18 heavy (non-hydrogen) atoms. The molecule has 0 bridgehead atoms. The summed E-state index contributed by atoms with van der Waals surface area (Å²) in [6.45, 7) is 1.76. The van der Waals surface area contributed by atoms with Gasteiger partial charge in [-0.3, -0.25) is 10.1 Å². The molecule has 1 aromatic rings. The van der Waals surface area contributed by atoms with Crippen molar-refractivity contribution in [3.05, 3.63) is 56.7 Å². The van der Waals surface area contributed by atoms with Crippen molar-refractivity contribution in [2.24, 2.45) is 0 Å². The summed E-state index contributed by atoms with van der Waals surface area (Å²) in [6.07, 6.45) is 0.929. The fraction of sp³-hybridized carbons (Fsp3) is 0.273. The first-order valence-electron chi connectivity index (χ1n) is 5.34. The maximum Gasteiger partial charge on any atom is 0.274 e. The minimum atomic E-state index is -0.502. The summed E-state index contributed by atoms with van der Waals surface area (Å²) in [6, 6.07) is 4.43. The van der Waals surface area contributed by atoms with E-state index >= 15 is 0 Å². The Hall–Kier alpha value is -1.82. The highest BCUT2D eigenvalue weighted by Gasteiger charge is 2.19. The largest absolute Gasteiger partial charge is 0.365 e. The molecule has 2 rings (SSSR count). The minimum absolute atomic E-state index is 0.0551. The molecule has 1 N–H and O–H groups in total. The van der Waals surface area contributed by atoms with Gasteiger partial charge < -0.3 is 10.2 Å². The van der Waals surface area contributed by atoms with Gasteiger partial charge in [0.05, 0.1) is 9.95 Å². The lowest BCUT2D eigenvalue weighted by atomic mass is 10.2. The van der Waals surface area contributed by atoms with Crippen molar-refractivity contribution in [1.29, 1.82) is 0 Å². The fourth-order valence-corrected chi connectivity index (χ4v) is 2.00. The van der Waals surface area contributed by atoms with Gasteiger partial charge in [0, 0.05) is 19.6 Å². The molecule has 0 aliphatic carbocycles. The summed E-state index contributed by atoms with van der Waals surface area (Å²) in [5, 5.41) is 13.4. The Kier molecular flexibility index (Phi) is 3.66. The second-order valence-electron chi connectivity index (χ2n) is 3.90. The standard InChI is InChI=1S/C11H11ClFN3O2/c12-9-5-8(1-2-10(9)13)6-15-4-3-14-11(15)7-16(17)18/h1-2,5,7,14H,3-4,6H2/b11-7+. The van der Waals surface area contributed by atoms with Crippen LogP contribution in [0.1, 0.15) is 5.56 Å². The molecule has 7 heteroatoms. The summed E-state index contributed by atoms with van der Waals surface area (Å²) in [5.74, 6) is -0.0125. The zero-order valence-electron chi connectivity index (χ0n) is 9.40. The van der Waals surface area contributed by atoms with Crippen molar-refractivity contribution in [3.8, 4) is 0 Å². The molecule has 0 radical (unpaired) electrons. The minimum Gasteiger partial charge on any atom is -0.365 e. The zero-order valence-corrected chi connectivity index (χ0v) is 10.2. The molecule has 1 aliphatic heterocycles. The first-order chi connectivity index (χ1) is 8.56. The molecule has 0 atom stereocenters. The number of benzene rings is 1. The third-order valence-corrected chi connectivity index (χ3v) is 2.90. The monoisotopic (exact) mass is 271 g/mol. The molecule has 1 aliphatic rings. The van der Waals surface area contributed by atoms with E-state index in [9.17, 15) is 14.5 Å². The van der Waals surface area contributed by atoms with E-state index < -0.39 is 10.7 Å². The lowest BCUT2D eigenvalue weighted by molar-refractivity contribution is -0.404. The quantitative estimate of drug-likeness (QED) is 0.674. The Balaban J connectivity index is 2.13. The Morgan fingerprint density at radius 2 is 2.39 bits per heavy atom. The van der Waals surface area contributed by atoms with E-state index in [4.69, 9.17) is 11.6 Å². The van der Waals surface area contributed by atoms with Gasteiger partial charge in [0.2, 0.25) is 0 Å². The number of rotatable bonds is 3. The molecule has 1 fully saturated rings.